The lowest BCUT2D eigenvalue weighted by Crippen LogP contribution is -2.23. The van der Waals surface area contributed by atoms with Gasteiger partial charge in [0.2, 0.25) is 10.0 Å². The van der Waals surface area contributed by atoms with Gasteiger partial charge in [0, 0.05) is 6.54 Å². The highest BCUT2D eigenvalue weighted by molar-refractivity contribution is 7.89. The largest absolute Gasteiger partial charge is 0.392 e. The quantitative estimate of drug-likeness (QED) is 0.885. The van der Waals surface area contributed by atoms with Crippen molar-refractivity contribution < 1.29 is 17.9 Å². The summed E-state index contributed by atoms with van der Waals surface area (Å²) in [4.78, 5) is -0.177. The molecule has 0 saturated heterocycles. The van der Waals surface area contributed by atoms with Gasteiger partial charge in [-0.1, -0.05) is 35.9 Å². The third-order valence-electron chi connectivity index (χ3n) is 2.82. The zero-order valence-corrected chi connectivity index (χ0v) is 12.5. The van der Waals surface area contributed by atoms with E-state index in [0.717, 1.165) is 18.2 Å². The zero-order valence-electron chi connectivity index (χ0n) is 10.9. The summed E-state index contributed by atoms with van der Waals surface area (Å²) in [6.45, 7) is -0.0751. The van der Waals surface area contributed by atoms with Crippen molar-refractivity contribution >= 4 is 21.6 Å². The molecule has 0 amide bonds. The lowest BCUT2D eigenvalue weighted by atomic mass is 10.1. The Morgan fingerprint density at radius 2 is 1.86 bits per heavy atom. The summed E-state index contributed by atoms with van der Waals surface area (Å²) in [6, 6.07) is 9.97. The number of benzene rings is 2. The van der Waals surface area contributed by atoms with Gasteiger partial charge in [0.1, 0.15) is 10.7 Å². The zero-order chi connectivity index (χ0) is 15.5. The van der Waals surface area contributed by atoms with Crippen LogP contribution in [-0.4, -0.2) is 13.5 Å². The molecule has 0 saturated carbocycles. The van der Waals surface area contributed by atoms with Crippen LogP contribution >= 0.6 is 11.6 Å². The lowest BCUT2D eigenvalue weighted by Gasteiger charge is -2.09. The number of rotatable bonds is 5. The van der Waals surface area contributed by atoms with Gasteiger partial charge in [-0.25, -0.2) is 17.5 Å². The third kappa shape index (κ3) is 4.01. The highest BCUT2D eigenvalue weighted by atomic mass is 35.5. The molecule has 0 fully saturated rings. The summed E-state index contributed by atoms with van der Waals surface area (Å²) in [5.74, 6) is -0.602. The number of hydrogen-bond acceptors (Lipinski definition) is 3. The Morgan fingerprint density at radius 3 is 2.52 bits per heavy atom. The van der Waals surface area contributed by atoms with Gasteiger partial charge in [0.25, 0.3) is 0 Å². The first-order valence-corrected chi connectivity index (χ1v) is 7.92. The van der Waals surface area contributed by atoms with E-state index in [1.807, 2.05) is 0 Å². The summed E-state index contributed by atoms with van der Waals surface area (Å²) >= 11 is 5.75. The molecule has 2 N–H and O–H groups in total. The average Bonchev–Trinajstić information content (AvgIpc) is 2.45. The van der Waals surface area contributed by atoms with E-state index in [4.69, 9.17) is 16.7 Å². The van der Waals surface area contributed by atoms with E-state index in [9.17, 15) is 12.8 Å². The normalized spacial score (nSPS) is 11.6. The topological polar surface area (TPSA) is 66.4 Å². The van der Waals surface area contributed by atoms with Crippen molar-refractivity contribution in [2.24, 2.45) is 0 Å². The van der Waals surface area contributed by atoms with Gasteiger partial charge in [0.05, 0.1) is 11.6 Å². The Labute approximate surface area is 127 Å². The number of sulfonamides is 1. The van der Waals surface area contributed by atoms with Crippen LogP contribution in [0.5, 0.6) is 0 Å². The van der Waals surface area contributed by atoms with Gasteiger partial charge in [0.15, 0.2) is 0 Å². The molecule has 112 valence electrons. The van der Waals surface area contributed by atoms with Gasteiger partial charge in [-0.15, -0.1) is 0 Å². The highest BCUT2D eigenvalue weighted by Gasteiger charge is 2.18. The number of aliphatic hydroxyl groups is 1. The minimum Gasteiger partial charge on any atom is -0.392 e. The van der Waals surface area contributed by atoms with E-state index in [0.29, 0.717) is 11.1 Å². The molecule has 0 aromatic heterocycles. The van der Waals surface area contributed by atoms with Gasteiger partial charge in [-0.3, -0.25) is 0 Å². The summed E-state index contributed by atoms with van der Waals surface area (Å²) < 4.78 is 39.6. The number of nitrogens with one attached hydrogen (secondary N) is 1. The molecule has 0 aliphatic carbocycles. The van der Waals surface area contributed by atoms with Crippen LogP contribution in [0.3, 0.4) is 0 Å². The summed E-state index contributed by atoms with van der Waals surface area (Å²) in [7, 11) is -3.84. The number of hydrogen-bond donors (Lipinski definition) is 2. The van der Waals surface area contributed by atoms with Gasteiger partial charge < -0.3 is 5.11 Å². The van der Waals surface area contributed by atoms with Crippen molar-refractivity contribution in [3.05, 3.63) is 64.4 Å². The van der Waals surface area contributed by atoms with Crippen LogP contribution in [0.1, 0.15) is 11.1 Å². The maximum atomic E-state index is 12.9. The fourth-order valence-electron chi connectivity index (χ4n) is 1.79. The second-order valence-corrected chi connectivity index (χ2v) is 6.52. The van der Waals surface area contributed by atoms with E-state index < -0.39 is 15.8 Å². The average molecular weight is 330 g/mol. The minimum absolute atomic E-state index is 0.0455. The molecule has 0 aliphatic rings. The first-order chi connectivity index (χ1) is 9.92. The summed E-state index contributed by atoms with van der Waals surface area (Å²) in [6.07, 6.45) is 0. The van der Waals surface area contributed by atoms with Crippen molar-refractivity contribution in [2.45, 2.75) is 18.0 Å². The first kappa shape index (κ1) is 15.9. The molecule has 0 bridgehead atoms. The molecule has 0 aliphatic heterocycles. The van der Waals surface area contributed by atoms with E-state index in [-0.39, 0.29) is 23.1 Å². The van der Waals surface area contributed by atoms with Crippen molar-refractivity contribution in [1.82, 2.24) is 4.72 Å². The molecular formula is C14H13ClFNO3S. The highest BCUT2D eigenvalue weighted by Crippen LogP contribution is 2.22. The van der Waals surface area contributed by atoms with Crippen LogP contribution in [0.2, 0.25) is 5.02 Å². The molecular weight excluding hydrogens is 317 g/mol. The molecule has 21 heavy (non-hydrogen) atoms. The van der Waals surface area contributed by atoms with E-state index in [2.05, 4.69) is 4.72 Å². The van der Waals surface area contributed by atoms with Gasteiger partial charge >= 0.3 is 0 Å². The summed E-state index contributed by atoms with van der Waals surface area (Å²) in [5, 5.41) is 8.86. The Bertz CT molecular complexity index is 750. The lowest BCUT2D eigenvalue weighted by molar-refractivity contribution is 0.281. The van der Waals surface area contributed by atoms with E-state index in [1.54, 1.807) is 24.3 Å². The van der Waals surface area contributed by atoms with E-state index >= 15 is 0 Å². The maximum Gasteiger partial charge on any atom is 0.242 e. The number of aliphatic hydroxyl groups excluding tert-OH is 1. The fraction of sp³-hybridized carbons (Fsp3) is 0.143. The fourth-order valence-corrected chi connectivity index (χ4v) is 3.33. The van der Waals surface area contributed by atoms with Crippen molar-refractivity contribution in [3.63, 3.8) is 0 Å². The standard InChI is InChI=1S/C14H13ClFNO3S/c15-13-7-12(16)4-5-14(13)21(19,20)17-8-10-2-1-3-11(6-10)9-18/h1-7,17-18H,8-9H2. The molecule has 2 aromatic rings. The molecule has 0 radical (unpaired) electrons. The molecule has 4 nitrogen and oxygen atoms in total. The second-order valence-electron chi connectivity index (χ2n) is 4.38. The van der Waals surface area contributed by atoms with Crippen LogP contribution < -0.4 is 4.72 Å². The molecule has 7 heteroatoms. The summed E-state index contributed by atoms with van der Waals surface area (Å²) in [5.41, 5.74) is 1.38. The minimum atomic E-state index is -3.84. The van der Waals surface area contributed by atoms with Gasteiger partial charge in [-0.2, -0.15) is 0 Å². The first-order valence-electron chi connectivity index (χ1n) is 6.06. The van der Waals surface area contributed by atoms with Crippen LogP contribution in [0.25, 0.3) is 0 Å². The Hall–Kier alpha value is -1.47. The van der Waals surface area contributed by atoms with Gasteiger partial charge in [-0.05, 0) is 29.3 Å². The maximum absolute atomic E-state index is 12.9. The third-order valence-corrected chi connectivity index (χ3v) is 4.71. The Kier molecular flexibility index (Phi) is 4.95. The molecule has 0 spiro atoms. The van der Waals surface area contributed by atoms with E-state index in [1.165, 1.54) is 0 Å². The SMILES string of the molecule is O=S(=O)(NCc1cccc(CO)c1)c1ccc(F)cc1Cl. The second kappa shape index (κ2) is 6.53. The molecule has 2 rings (SSSR count). The van der Waals surface area contributed by atoms with Crippen LogP contribution in [-0.2, 0) is 23.2 Å². The molecule has 0 atom stereocenters. The van der Waals surface area contributed by atoms with Crippen molar-refractivity contribution in [1.29, 1.82) is 0 Å². The Balaban J connectivity index is 2.17. The van der Waals surface area contributed by atoms with Crippen LogP contribution in [0.4, 0.5) is 4.39 Å². The molecule has 0 heterocycles. The molecule has 2 aromatic carbocycles. The smallest absolute Gasteiger partial charge is 0.242 e. The Morgan fingerprint density at radius 1 is 1.14 bits per heavy atom. The monoisotopic (exact) mass is 329 g/mol. The predicted octanol–water partition coefficient (Wildman–Crippen LogP) is 2.45. The van der Waals surface area contributed by atoms with Crippen molar-refractivity contribution in [3.8, 4) is 0 Å². The van der Waals surface area contributed by atoms with Crippen molar-refractivity contribution in [2.75, 3.05) is 0 Å². The molecule has 0 unspecified atom stereocenters. The number of halogens is 2. The van der Waals surface area contributed by atoms with Crippen LogP contribution in [0.15, 0.2) is 47.4 Å². The van der Waals surface area contributed by atoms with Crippen LogP contribution in [0, 0.1) is 5.82 Å². The predicted molar refractivity (Wildman–Crippen MR) is 77.8 cm³/mol.